The van der Waals surface area contributed by atoms with Crippen LogP contribution in [0.5, 0.6) is 0 Å². The molecular formula is C17H21BrN2. The van der Waals surface area contributed by atoms with E-state index in [1.807, 2.05) is 6.07 Å². The van der Waals surface area contributed by atoms with Gasteiger partial charge in [0.2, 0.25) is 0 Å². The lowest BCUT2D eigenvalue weighted by Crippen LogP contribution is -2.16. The molecule has 0 radical (unpaired) electrons. The molecule has 0 fully saturated rings. The lowest BCUT2D eigenvalue weighted by Gasteiger charge is -2.17. The molecule has 2 rings (SSSR count). The first-order chi connectivity index (χ1) is 9.40. The third-order valence-corrected chi connectivity index (χ3v) is 3.56. The summed E-state index contributed by atoms with van der Waals surface area (Å²) >= 11 is 3.49. The molecule has 0 aliphatic heterocycles. The Morgan fingerprint density at radius 3 is 2.25 bits per heavy atom. The zero-order chi connectivity index (χ0) is 14.8. The van der Waals surface area contributed by atoms with Crippen LogP contribution in [0.2, 0.25) is 0 Å². The first kappa shape index (κ1) is 15.2. The monoisotopic (exact) mass is 332 g/mol. The van der Waals surface area contributed by atoms with Gasteiger partial charge in [0.1, 0.15) is 10.4 Å². The number of rotatable bonds is 3. The second kappa shape index (κ2) is 6.04. The van der Waals surface area contributed by atoms with Crippen LogP contribution >= 0.6 is 15.9 Å². The van der Waals surface area contributed by atoms with Crippen molar-refractivity contribution < 1.29 is 0 Å². The standard InChI is InChI=1S/C17H21BrN2/c1-5-6-12-7-9-13(10-8-12)14-11-15(18)20-16(19-14)17(2,3)4/h7-11H,5-6H2,1-4H3. The molecule has 0 atom stereocenters. The van der Waals surface area contributed by atoms with Crippen molar-refractivity contribution in [3.8, 4) is 11.3 Å². The zero-order valence-corrected chi connectivity index (χ0v) is 14.2. The predicted octanol–water partition coefficient (Wildman–Crippen LogP) is 5.16. The lowest BCUT2D eigenvalue weighted by atomic mass is 9.95. The third kappa shape index (κ3) is 3.66. The fraction of sp³-hybridized carbons (Fsp3) is 0.412. The highest BCUT2D eigenvalue weighted by Crippen LogP contribution is 2.26. The van der Waals surface area contributed by atoms with Crippen molar-refractivity contribution in [1.82, 2.24) is 9.97 Å². The van der Waals surface area contributed by atoms with E-state index >= 15 is 0 Å². The Balaban J connectivity index is 2.39. The average Bonchev–Trinajstić information content (AvgIpc) is 2.38. The highest BCUT2D eigenvalue weighted by atomic mass is 79.9. The molecule has 0 spiro atoms. The van der Waals surface area contributed by atoms with E-state index in [9.17, 15) is 0 Å². The number of nitrogens with zero attached hydrogens (tertiary/aromatic N) is 2. The molecule has 0 bridgehead atoms. The normalized spacial score (nSPS) is 11.7. The molecule has 3 heteroatoms. The van der Waals surface area contributed by atoms with Crippen LogP contribution in [-0.2, 0) is 11.8 Å². The molecule has 0 aliphatic rings. The van der Waals surface area contributed by atoms with Crippen LogP contribution < -0.4 is 0 Å². The first-order valence-electron chi connectivity index (χ1n) is 7.04. The summed E-state index contributed by atoms with van der Waals surface area (Å²) < 4.78 is 0.838. The van der Waals surface area contributed by atoms with Crippen molar-refractivity contribution in [1.29, 1.82) is 0 Å². The molecular weight excluding hydrogens is 312 g/mol. The Hall–Kier alpha value is -1.22. The highest BCUT2D eigenvalue weighted by Gasteiger charge is 2.19. The maximum Gasteiger partial charge on any atom is 0.135 e. The molecule has 0 saturated carbocycles. The summed E-state index contributed by atoms with van der Waals surface area (Å²) in [6.45, 7) is 8.58. The number of aromatic nitrogens is 2. The van der Waals surface area contributed by atoms with E-state index in [1.54, 1.807) is 0 Å². The topological polar surface area (TPSA) is 25.8 Å². The van der Waals surface area contributed by atoms with Crippen molar-refractivity contribution >= 4 is 15.9 Å². The van der Waals surface area contributed by atoms with Gasteiger partial charge in [-0.1, -0.05) is 58.4 Å². The summed E-state index contributed by atoms with van der Waals surface area (Å²) in [5.74, 6) is 0.861. The molecule has 0 amide bonds. The Kier molecular flexibility index (Phi) is 4.59. The van der Waals surface area contributed by atoms with Crippen LogP contribution in [0.15, 0.2) is 34.9 Å². The van der Waals surface area contributed by atoms with Crippen LogP contribution in [-0.4, -0.2) is 9.97 Å². The van der Waals surface area contributed by atoms with Crippen molar-refractivity contribution in [3.63, 3.8) is 0 Å². The third-order valence-electron chi connectivity index (χ3n) is 3.15. The summed E-state index contributed by atoms with van der Waals surface area (Å²) in [4.78, 5) is 9.19. The van der Waals surface area contributed by atoms with E-state index in [1.165, 1.54) is 12.0 Å². The van der Waals surface area contributed by atoms with E-state index in [0.29, 0.717) is 0 Å². The fourth-order valence-corrected chi connectivity index (χ4v) is 2.42. The van der Waals surface area contributed by atoms with Gasteiger partial charge in [-0.05, 0) is 34.0 Å². The maximum atomic E-state index is 4.71. The van der Waals surface area contributed by atoms with Gasteiger partial charge in [0.25, 0.3) is 0 Å². The van der Waals surface area contributed by atoms with Gasteiger partial charge in [-0.15, -0.1) is 0 Å². The second-order valence-corrected chi connectivity index (χ2v) is 6.91. The van der Waals surface area contributed by atoms with Gasteiger partial charge < -0.3 is 0 Å². The van der Waals surface area contributed by atoms with Crippen LogP contribution in [0, 0.1) is 0 Å². The van der Waals surface area contributed by atoms with Crippen LogP contribution in [0.25, 0.3) is 11.3 Å². The molecule has 0 unspecified atom stereocenters. The van der Waals surface area contributed by atoms with Crippen molar-refractivity contribution in [3.05, 3.63) is 46.3 Å². The Labute approximate surface area is 129 Å². The molecule has 0 saturated heterocycles. The van der Waals surface area contributed by atoms with Gasteiger partial charge in [0, 0.05) is 11.0 Å². The van der Waals surface area contributed by atoms with Gasteiger partial charge in [-0.3, -0.25) is 0 Å². The highest BCUT2D eigenvalue weighted by molar-refractivity contribution is 9.10. The smallest absolute Gasteiger partial charge is 0.135 e. The minimum absolute atomic E-state index is 0.0549. The van der Waals surface area contributed by atoms with Crippen LogP contribution in [0.4, 0.5) is 0 Å². The minimum Gasteiger partial charge on any atom is -0.232 e. The van der Waals surface area contributed by atoms with Gasteiger partial charge in [-0.25, -0.2) is 9.97 Å². The number of benzene rings is 1. The molecule has 20 heavy (non-hydrogen) atoms. The largest absolute Gasteiger partial charge is 0.232 e. The lowest BCUT2D eigenvalue weighted by molar-refractivity contribution is 0.544. The fourth-order valence-electron chi connectivity index (χ4n) is 2.03. The molecule has 1 heterocycles. The van der Waals surface area contributed by atoms with Crippen molar-refractivity contribution in [2.75, 3.05) is 0 Å². The van der Waals surface area contributed by atoms with E-state index < -0.39 is 0 Å². The zero-order valence-electron chi connectivity index (χ0n) is 12.6. The number of halogens is 1. The molecule has 0 N–H and O–H groups in total. The number of aryl methyl sites for hydroxylation is 1. The molecule has 1 aromatic carbocycles. The molecule has 106 valence electrons. The second-order valence-electron chi connectivity index (χ2n) is 6.10. The molecule has 2 nitrogen and oxygen atoms in total. The van der Waals surface area contributed by atoms with Crippen LogP contribution in [0.1, 0.15) is 45.5 Å². The van der Waals surface area contributed by atoms with E-state index in [-0.39, 0.29) is 5.41 Å². The van der Waals surface area contributed by atoms with Gasteiger partial charge in [-0.2, -0.15) is 0 Å². The summed E-state index contributed by atoms with van der Waals surface area (Å²) in [7, 11) is 0. The van der Waals surface area contributed by atoms with Crippen molar-refractivity contribution in [2.45, 2.75) is 46.0 Å². The quantitative estimate of drug-likeness (QED) is 0.726. The Morgan fingerprint density at radius 1 is 1.05 bits per heavy atom. The van der Waals surface area contributed by atoms with Gasteiger partial charge >= 0.3 is 0 Å². The summed E-state index contributed by atoms with van der Waals surface area (Å²) in [6, 6.07) is 10.6. The molecule has 0 aliphatic carbocycles. The summed E-state index contributed by atoms with van der Waals surface area (Å²) in [5, 5.41) is 0. The van der Waals surface area contributed by atoms with E-state index in [4.69, 9.17) is 4.98 Å². The average molecular weight is 333 g/mol. The molecule has 1 aromatic heterocycles. The van der Waals surface area contributed by atoms with E-state index in [2.05, 4.69) is 72.9 Å². The van der Waals surface area contributed by atoms with Gasteiger partial charge in [0.05, 0.1) is 5.69 Å². The first-order valence-corrected chi connectivity index (χ1v) is 7.84. The predicted molar refractivity (Wildman–Crippen MR) is 87.9 cm³/mol. The maximum absolute atomic E-state index is 4.71. The van der Waals surface area contributed by atoms with E-state index in [0.717, 1.165) is 28.1 Å². The summed E-state index contributed by atoms with van der Waals surface area (Å²) in [6.07, 6.45) is 2.30. The van der Waals surface area contributed by atoms with Crippen LogP contribution in [0.3, 0.4) is 0 Å². The minimum atomic E-state index is -0.0549. The number of hydrogen-bond donors (Lipinski definition) is 0. The molecule has 2 aromatic rings. The van der Waals surface area contributed by atoms with Crippen molar-refractivity contribution in [2.24, 2.45) is 0 Å². The number of hydrogen-bond acceptors (Lipinski definition) is 2. The Morgan fingerprint density at radius 2 is 1.70 bits per heavy atom. The van der Waals surface area contributed by atoms with Gasteiger partial charge in [0.15, 0.2) is 0 Å². The SMILES string of the molecule is CCCc1ccc(-c2cc(Br)nc(C(C)(C)C)n2)cc1. The summed E-state index contributed by atoms with van der Waals surface area (Å²) in [5.41, 5.74) is 3.43. The Bertz CT molecular complexity index is 583.